The van der Waals surface area contributed by atoms with Crippen molar-refractivity contribution in [3.8, 4) is 22.8 Å². The molecule has 0 radical (unpaired) electrons. The van der Waals surface area contributed by atoms with Gasteiger partial charge in [-0.3, -0.25) is 4.79 Å². The monoisotopic (exact) mass is 507 g/mol. The van der Waals surface area contributed by atoms with Gasteiger partial charge in [0.05, 0.1) is 17.4 Å². The predicted molar refractivity (Wildman–Crippen MR) is 136 cm³/mol. The van der Waals surface area contributed by atoms with Gasteiger partial charge in [-0.1, -0.05) is 24.3 Å². The fourth-order valence-electron chi connectivity index (χ4n) is 3.84. The molecule has 0 amide bonds. The average Bonchev–Trinajstić information content (AvgIpc) is 2.85. The van der Waals surface area contributed by atoms with E-state index in [-0.39, 0.29) is 21.8 Å². The number of esters is 1. The Morgan fingerprint density at radius 2 is 1.67 bits per heavy atom. The first-order valence-electron chi connectivity index (χ1n) is 11.1. The molecule has 4 aromatic rings. The lowest BCUT2D eigenvalue weighted by atomic mass is 10.0. The Morgan fingerprint density at radius 3 is 2.31 bits per heavy atom. The molecule has 8 nitrogen and oxygen atoms in total. The van der Waals surface area contributed by atoms with Crippen LogP contribution in [-0.2, 0) is 14.8 Å². The minimum Gasteiger partial charge on any atom is -0.497 e. The molecular weight excluding hydrogens is 482 g/mol. The largest absolute Gasteiger partial charge is 0.497 e. The Labute approximate surface area is 208 Å². The summed E-state index contributed by atoms with van der Waals surface area (Å²) in [5.41, 5.74) is 1.86. The highest BCUT2D eigenvalue weighted by Gasteiger charge is 2.27. The number of sulfonamides is 1. The van der Waals surface area contributed by atoms with Crippen molar-refractivity contribution in [1.29, 1.82) is 0 Å². The van der Waals surface area contributed by atoms with E-state index in [0.29, 0.717) is 22.5 Å². The van der Waals surface area contributed by atoms with Crippen LogP contribution in [0.1, 0.15) is 18.1 Å². The van der Waals surface area contributed by atoms with Gasteiger partial charge >= 0.3 is 5.97 Å². The third-order valence-corrected chi connectivity index (χ3v) is 7.15. The predicted octanol–water partition coefficient (Wildman–Crippen LogP) is 4.36. The summed E-state index contributed by atoms with van der Waals surface area (Å²) in [4.78, 5) is 26.5. The van der Waals surface area contributed by atoms with Gasteiger partial charge in [-0.25, -0.2) is 13.2 Å². The van der Waals surface area contributed by atoms with Crippen LogP contribution < -0.4 is 19.6 Å². The van der Waals surface area contributed by atoms with Gasteiger partial charge in [0.25, 0.3) is 0 Å². The maximum absolute atomic E-state index is 13.5. The van der Waals surface area contributed by atoms with E-state index in [0.717, 1.165) is 5.56 Å². The molecule has 0 spiro atoms. The molecule has 0 bridgehead atoms. The molecule has 1 unspecified atom stereocenters. The van der Waals surface area contributed by atoms with Crippen molar-refractivity contribution in [3.05, 3.63) is 88.1 Å². The Balaban J connectivity index is 1.76. The molecular formula is C27H25NO7S. The Bertz CT molecular complexity index is 1590. The van der Waals surface area contributed by atoms with Gasteiger partial charge in [-0.2, -0.15) is 4.72 Å². The number of hydrogen-bond donors (Lipinski definition) is 1. The topological polar surface area (TPSA) is 112 Å². The van der Waals surface area contributed by atoms with Crippen LogP contribution in [-0.4, -0.2) is 27.5 Å². The zero-order chi connectivity index (χ0) is 26.0. The van der Waals surface area contributed by atoms with Crippen molar-refractivity contribution < 1.29 is 27.1 Å². The quantitative estimate of drug-likeness (QED) is 0.370. The third kappa shape index (κ3) is 5.02. The minimum absolute atomic E-state index is 0.000199. The molecule has 1 heterocycles. The van der Waals surface area contributed by atoms with E-state index in [1.54, 1.807) is 55.5 Å². The summed E-state index contributed by atoms with van der Waals surface area (Å²) >= 11 is 0. The highest BCUT2D eigenvalue weighted by atomic mass is 32.2. The first-order valence-corrected chi connectivity index (χ1v) is 12.6. The van der Waals surface area contributed by atoms with Crippen LogP contribution in [0.2, 0.25) is 0 Å². The summed E-state index contributed by atoms with van der Waals surface area (Å²) in [6.07, 6.45) is 0. The zero-order valence-electron chi connectivity index (χ0n) is 20.2. The standard InChI is InChI=1S/C27H25NO7S/c1-16-14-17(2)23-22(15-16)34-25(19-10-12-20(33-4)13-11-19)26(24(23)29)35-27(30)18(3)28-36(31,32)21-8-6-5-7-9-21/h5-15,18,28H,1-4H3. The summed E-state index contributed by atoms with van der Waals surface area (Å²) in [6.45, 7) is 4.99. The molecule has 1 aromatic heterocycles. The van der Waals surface area contributed by atoms with Crippen LogP contribution in [0, 0.1) is 13.8 Å². The van der Waals surface area contributed by atoms with Crippen LogP contribution >= 0.6 is 0 Å². The molecule has 0 aliphatic rings. The van der Waals surface area contributed by atoms with Crippen LogP contribution in [0.15, 0.2) is 80.8 Å². The van der Waals surface area contributed by atoms with Crippen molar-refractivity contribution in [3.63, 3.8) is 0 Å². The zero-order valence-corrected chi connectivity index (χ0v) is 21.0. The second-order valence-corrected chi connectivity index (χ2v) is 10.1. The second-order valence-electron chi connectivity index (χ2n) is 8.35. The van der Waals surface area contributed by atoms with Gasteiger partial charge in [-0.05, 0) is 74.4 Å². The maximum atomic E-state index is 13.5. The van der Waals surface area contributed by atoms with E-state index in [1.165, 1.54) is 26.2 Å². The number of nitrogens with one attached hydrogen (secondary N) is 1. The third-order valence-electron chi connectivity index (χ3n) is 5.59. The summed E-state index contributed by atoms with van der Waals surface area (Å²) in [5.74, 6) is -0.640. The van der Waals surface area contributed by atoms with Crippen molar-refractivity contribution >= 4 is 27.0 Å². The minimum atomic E-state index is -3.99. The Kier molecular flexibility index (Phi) is 6.96. The molecule has 186 valence electrons. The molecule has 1 N–H and O–H groups in total. The average molecular weight is 508 g/mol. The summed E-state index contributed by atoms with van der Waals surface area (Å²) in [7, 11) is -2.46. The highest BCUT2D eigenvalue weighted by Crippen LogP contribution is 2.33. The van der Waals surface area contributed by atoms with Crippen molar-refractivity contribution in [1.82, 2.24) is 4.72 Å². The van der Waals surface area contributed by atoms with E-state index in [9.17, 15) is 18.0 Å². The number of carbonyl (C=O) groups excluding carboxylic acids is 1. The van der Waals surface area contributed by atoms with Crippen LogP contribution in [0.4, 0.5) is 0 Å². The van der Waals surface area contributed by atoms with Gasteiger partial charge < -0.3 is 13.9 Å². The lowest BCUT2D eigenvalue weighted by molar-refractivity contribution is -0.135. The molecule has 0 aliphatic heterocycles. The number of rotatable bonds is 7. The van der Waals surface area contributed by atoms with Crippen LogP contribution in [0.5, 0.6) is 11.5 Å². The number of aryl methyl sites for hydroxylation is 2. The second kappa shape index (κ2) is 9.96. The van der Waals surface area contributed by atoms with Gasteiger partial charge in [0.2, 0.25) is 21.2 Å². The molecule has 9 heteroatoms. The van der Waals surface area contributed by atoms with Gasteiger partial charge in [0.1, 0.15) is 17.4 Å². The van der Waals surface area contributed by atoms with Crippen LogP contribution in [0.3, 0.4) is 0 Å². The number of hydrogen-bond acceptors (Lipinski definition) is 7. The molecule has 0 saturated heterocycles. The normalized spacial score (nSPS) is 12.3. The summed E-state index contributed by atoms with van der Waals surface area (Å²) < 4.78 is 44.4. The van der Waals surface area contributed by atoms with Crippen molar-refractivity contribution in [2.45, 2.75) is 31.7 Å². The lowest BCUT2D eigenvalue weighted by Gasteiger charge is -2.16. The Morgan fingerprint density at radius 1 is 1.00 bits per heavy atom. The SMILES string of the molecule is COc1ccc(-c2oc3cc(C)cc(C)c3c(=O)c2OC(=O)C(C)NS(=O)(=O)c2ccccc2)cc1. The van der Waals surface area contributed by atoms with Crippen LogP contribution in [0.25, 0.3) is 22.3 Å². The van der Waals surface area contributed by atoms with E-state index in [4.69, 9.17) is 13.9 Å². The lowest BCUT2D eigenvalue weighted by Crippen LogP contribution is -2.41. The molecule has 0 aliphatic carbocycles. The first kappa shape index (κ1) is 25.2. The maximum Gasteiger partial charge on any atom is 0.329 e. The fraction of sp³-hybridized carbons (Fsp3) is 0.185. The van der Waals surface area contributed by atoms with E-state index in [1.807, 2.05) is 13.0 Å². The van der Waals surface area contributed by atoms with E-state index in [2.05, 4.69) is 4.72 Å². The van der Waals surface area contributed by atoms with E-state index < -0.39 is 27.5 Å². The first-order chi connectivity index (χ1) is 17.1. The molecule has 4 rings (SSSR count). The highest BCUT2D eigenvalue weighted by molar-refractivity contribution is 7.89. The molecule has 0 fully saturated rings. The molecule has 3 aromatic carbocycles. The summed E-state index contributed by atoms with van der Waals surface area (Å²) in [6, 6.07) is 16.6. The molecule has 0 saturated carbocycles. The number of methoxy groups -OCH3 is 1. The fourth-order valence-corrected chi connectivity index (χ4v) is 5.05. The smallest absolute Gasteiger partial charge is 0.329 e. The van der Waals surface area contributed by atoms with Gasteiger partial charge in [0.15, 0.2) is 5.76 Å². The van der Waals surface area contributed by atoms with Gasteiger partial charge in [0, 0.05) is 5.56 Å². The van der Waals surface area contributed by atoms with Crippen molar-refractivity contribution in [2.75, 3.05) is 7.11 Å². The molecule has 1 atom stereocenters. The number of fused-ring (bicyclic) bond motifs is 1. The summed E-state index contributed by atoms with van der Waals surface area (Å²) in [5, 5.41) is 0.276. The molecule has 36 heavy (non-hydrogen) atoms. The number of ether oxygens (including phenoxy) is 2. The van der Waals surface area contributed by atoms with Gasteiger partial charge in [-0.15, -0.1) is 0 Å². The number of benzene rings is 3. The van der Waals surface area contributed by atoms with Crippen molar-refractivity contribution in [2.24, 2.45) is 0 Å². The number of carbonyl (C=O) groups is 1. The van der Waals surface area contributed by atoms with E-state index >= 15 is 0 Å². The Hall–Kier alpha value is -3.95.